The van der Waals surface area contributed by atoms with Crippen LogP contribution < -0.4 is 10.9 Å². The first-order valence-electron chi connectivity index (χ1n) is 8.35. The number of amides is 1. The standard InChI is InChI=1S/C17H18N4O2S2/c1-10-9-21-16(23)11(8-19-17(21)24-10)15(22)18-7-6-14-20-12-4-2-3-5-13(12)25-14/h8-9H,2-7H2,1H3,(H,18,22). The largest absolute Gasteiger partial charge is 0.351 e. The summed E-state index contributed by atoms with van der Waals surface area (Å²) < 4.78 is 1.43. The summed E-state index contributed by atoms with van der Waals surface area (Å²) in [6, 6.07) is 0. The molecular weight excluding hydrogens is 356 g/mol. The third-order valence-electron chi connectivity index (χ3n) is 4.28. The summed E-state index contributed by atoms with van der Waals surface area (Å²) in [6.07, 6.45) is 8.43. The molecule has 0 aromatic carbocycles. The molecular formula is C17H18N4O2S2. The summed E-state index contributed by atoms with van der Waals surface area (Å²) in [5.74, 6) is -0.378. The number of hydrogen-bond acceptors (Lipinski definition) is 6. The van der Waals surface area contributed by atoms with Gasteiger partial charge in [-0.15, -0.1) is 22.7 Å². The highest BCUT2D eigenvalue weighted by Gasteiger charge is 2.16. The Morgan fingerprint density at radius 3 is 3.00 bits per heavy atom. The summed E-state index contributed by atoms with van der Waals surface area (Å²) >= 11 is 3.18. The van der Waals surface area contributed by atoms with Crippen LogP contribution in [0.3, 0.4) is 0 Å². The van der Waals surface area contributed by atoms with Gasteiger partial charge in [0.25, 0.3) is 11.5 Å². The maximum atomic E-state index is 12.4. The summed E-state index contributed by atoms with van der Waals surface area (Å²) in [5.41, 5.74) is 0.989. The van der Waals surface area contributed by atoms with E-state index in [1.165, 1.54) is 45.3 Å². The molecule has 3 aromatic heterocycles. The molecule has 1 N–H and O–H groups in total. The Labute approximate surface area is 152 Å². The Kier molecular flexibility index (Phi) is 4.39. The first-order valence-corrected chi connectivity index (χ1v) is 9.98. The maximum Gasteiger partial charge on any atom is 0.271 e. The van der Waals surface area contributed by atoms with Crippen molar-refractivity contribution in [3.05, 3.63) is 48.8 Å². The van der Waals surface area contributed by atoms with E-state index in [1.807, 2.05) is 6.92 Å². The van der Waals surface area contributed by atoms with Crippen LogP contribution in [0.25, 0.3) is 4.96 Å². The molecule has 1 aliphatic carbocycles. The molecule has 0 fully saturated rings. The van der Waals surface area contributed by atoms with Crippen molar-refractivity contribution >= 4 is 33.5 Å². The molecule has 0 aliphatic heterocycles. The third-order valence-corrected chi connectivity index (χ3v) is 6.41. The minimum Gasteiger partial charge on any atom is -0.351 e. The van der Waals surface area contributed by atoms with Gasteiger partial charge in [0.15, 0.2) is 4.96 Å². The molecule has 4 rings (SSSR count). The van der Waals surface area contributed by atoms with Gasteiger partial charge in [0.05, 0.1) is 10.7 Å². The second kappa shape index (κ2) is 6.68. The molecule has 8 heteroatoms. The van der Waals surface area contributed by atoms with Crippen LogP contribution in [0, 0.1) is 6.92 Å². The van der Waals surface area contributed by atoms with Crippen molar-refractivity contribution in [3.8, 4) is 0 Å². The molecule has 0 saturated carbocycles. The quantitative estimate of drug-likeness (QED) is 0.761. The van der Waals surface area contributed by atoms with Gasteiger partial charge in [-0.05, 0) is 32.6 Å². The lowest BCUT2D eigenvalue weighted by molar-refractivity contribution is 0.0952. The Morgan fingerprint density at radius 1 is 1.32 bits per heavy atom. The normalized spacial score (nSPS) is 13.8. The van der Waals surface area contributed by atoms with Gasteiger partial charge >= 0.3 is 0 Å². The Hall–Kier alpha value is -2.06. The van der Waals surface area contributed by atoms with Crippen LogP contribution in [0.1, 0.15) is 43.7 Å². The van der Waals surface area contributed by atoms with Gasteiger partial charge in [0.2, 0.25) is 0 Å². The molecule has 3 heterocycles. The zero-order chi connectivity index (χ0) is 17.4. The average molecular weight is 374 g/mol. The first kappa shape index (κ1) is 16.4. The molecule has 3 aromatic rings. The fourth-order valence-corrected chi connectivity index (χ4v) is 4.98. The maximum absolute atomic E-state index is 12.4. The number of hydrogen-bond donors (Lipinski definition) is 1. The van der Waals surface area contributed by atoms with Crippen molar-refractivity contribution in [2.75, 3.05) is 6.54 Å². The minimum absolute atomic E-state index is 0.0775. The molecule has 130 valence electrons. The van der Waals surface area contributed by atoms with Crippen LogP contribution in [-0.2, 0) is 19.3 Å². The van der Waals surface area contributed by atoms with Crippen LogP contribution in [-0.4, -0.2) is 26.8 Å². The highest BCUT2D eigenvalue weighted by molar-refractivity contribution is 7.16. The molecule has 1 amide bonds. The number of rotatable bonds is 4. The third kappa shape index (κ3) is 3.23. The smallest absolute Gasteiger partial charge is 0.271 e. The van der Waals surface area contributed by atoms with Crippen LogP contribution >= 0.6 is 22.7 Å². The highest BCUT2D eigenvalue weighted by Crippen LogP contribution is 2.26. The van der Waals surface area contributed by atoms with Gasteiger partial charge in [-0.25, -0.2) is 9.97 Å². The van der Waals surface area contributed by atoms with Crippen molar-refractivity contribution < 1.29 is 4.79 Å². The van der Waals surface area contributed by atoms with Gasteiger partial charge in [0, 0.05) is 35.1 Å². The monoisotopic (exact) mass is 374 g/mol. The van der Waals surface area contributed by atoms with E-state index in [1.54, 1.807) is 17.5 Å². The Balaban J connectivity index is 1.43. The Morgan fingerprint density at radius 2 is 2.16 bits per heavy atom. The molecule has 1 aliphatic rings. The van der Waals surface area contributed by atoms with Gasteiger partial charge < -0.3 is 5.32 Å². The summed E-state index contributed by atoms with van der Waals surface area (Å²) in [7, 11) is 0. The molecule has 0 bridgehead atoms. The van der Waals surface area contributed by atoms with Crippen LogP contribution in [0.15, 0.2) is 17.2 Å². The molecule has 0 spiro atoms. The van der Waals surface area contributed by atoms with Crippen LogP contribution in [0.5, 0.6) is 0 Å². The fourth-order valence-electron chi connectivity index (χ4n) is 3.04. The van der Waals surface area contributed by atoms with Crippen molar-refractivity contribution in [1.29, 1.82) is 0 Å². The predicted molar refractivity (Wildman–Crippen MR) is 98.9 cm³/mol. The van der Waals surface area contributed by atoms with Crippen molar-refractivity contribution in [3.63, 3.8) is 0 Å². The zero-order valence-corrected chi connectivity index (χ0v) is 15.5. The van der Waals surface area contributed by atoms with E-state index < -0.39 is 0 Å². The Bertz CT molecular complexity index is 978. The van der Waals surface area contributed by atoms with Crippen molar-refractivity contribution in [2.24, 2.45) is 0 Å². The fraction of sp³-hybridized carbons (Fsp3) is 0.412. The summed E-state index contributed by atoms with van der Waals surface area (Å²) in [6.45, 7) is 2.38. The SMILES string of the molecule is Cc1cn2c(=O)c(C(=O)NCCc3nc4c(s3)CCCC4)cnc2s1. The number of thiazole rings is 2. The minimum atomic E-state index is -0.378. The first-order chi connectivity index (χ1) is 12.1. The van der Waals surface area contributed by atoms with Gasteiger partial charge in [-0.1, -0.05) is 0 Å². The number of nitrogens with zero attached hydrogens (tertiary/aromatic N) is 3. The highest BCUT2D eigenvalue weighted by atomic mass is 32.1. The molecule has 0 saturated heterocycles. The topological polar surface area (TPSA) is 76.4 Å². The van der Waals surface area contributed by atoms with E-state index >= 15 is 0 Å². The summed E-state index contributed by atoms with van der Waals surface area (Å²) in [5, 5.41) is 3.88. The van der Waals surface area contributed by atoms with Crippen molar-refractivity contribution in [2.45, 2.75) is 39.0 Å². The molecule has 6 nitrogen and oxygen atoms in total. The number of carbonyl (C=O) groups is 1. The van der Waals surface area contributed by atoms with E-state index in [0.29, 0.717) is 17.9 Å². The van der Waals surface area contributed by atoms with Crippen LogP contribution in [0.2, 0.25) is 0 Å². The number of fused-ring (bicyclic) bond motifs is 2. The number of aryl methyl sites for hydroxylation is 3. The van der Waals surface area contributed by atoms with E-state index in [0.717, 1.165) is 22.7 Å². The second-order valence-electron chi connectivity index (χ2n) is 6.16. The lowest BCUT2D eigenvalue weighted by Gasteiger charge is -2.06. The van der Waals surface area contributed by atoms with Gasteiger partial charge in [-0.3, -0.25) is 14.0 Å². The zero-order valence-electron chi connectivity index (χ0n) is 13.9. The van der Waals surface area contributed by atoms with E-state index in [2.05, 4.69) is 15.3 Å². The van der Waals surface area contributed by atoms with E-state index in [9.17, 15) is 9.59 Å². The molecule has 0 radical (unpaired) electrons. The van der Waals surface area contributed by atoms with Gasteiger partial charge in [0.1, 0.15) is 5.56 Å². The van der Waals surface area contributed by atoms with Crippen molar-refractivity contribution in [1.82, 2.24) is 19.7 Å². The molecule has 0 atom stereocenters. The number of nitrogens with one attached hydrogen (secondary N) is 1. The molecule has 25 heavy (non-hydrogen) atoms. The van der Waals surface area contributed by atoms with E-state index in [-0.39, 0.29) is 17.0 Å². The van der Waals surface area contributed by atoms with Gasteiger partial charge in [-0.2, -0.15) is 0 Å². The lowest BCUT2D eigenvalue weighted by Crippen LogP contribution is -2.32. The lowest BCUT2D eigenvalue weighted by atomic mass is 10.0. The summed E-state index contributed by atoms with van der Waals surface area (Å²) in [4.78, 5) is 36.6. The average Bonchev–Trinajstić information content (AvgIpc) is 3.17. The number of carbonyl (C=O) groups excluding carboxylic acids is 1. The predicted octanol–water partition coefficient (Wildman–Crippen LogP) is 2.37. The second-order valence-corrected chi connectivity index (χ2v) is 8.54. The number of aromatic nitrogens is 3. The molecule has 0 unspecified atom stereocenters. The van der Waals surface area contributed by atoms with E-state index in [4.69, 9.17) is 0 Å². The van der Waals surface area contributed by atoms with Crippen LogP contribution in [0.4, 0.5) is 0 Å².